The van der Waals surface area contributed by atoms with Gasteiger partial charge in [-0.15, -0.1) is 0 Å². The van der Waals surface area contributed by atoms with Crippen LogP contribution in [0.15, 0.2) is 24.3 Å². The molecular formula is C13H16FN3. The third-order valence-electron chi connectivity index (χ3n) is 2.91. The molecule has 1 aromatic heterocycles. The first-order chi connectivity index (χ1) is 7.99. The Balaban J connectivity index is 2.40. The maximum absolute atomic E-state index is 13.5. The van der Waals surface area contributed by atoms with E-state index in [1.807, 2.05) is 26.1 Å². The van der Waals surface area contributed by atoms with Crippen LogP contribution in [-0.4, -0.2) is 9.78 Å². The van der Waals surface area contributed by atoms with Crippen LogP contribution in [0.2, 0.25) is 0 Å². The van der Waals surface area contributed by atoms with Gasteiger partial charge in [0.1, 0.15) is 5.82 Å². The van der Waals surface area contributed by atoms with Crippen LogP contribution in [0.3, 0.4) is 0 Å². The Morgan fingerprint density at radius 2 is 2.00 bits per heavy atom. The highest BCUT2D eigenvalue weighted by molar-refractivity contribution is 5.31. The molecule has 2 aromatic rings. The summed E-state index contributed by atoms with van der Waals surface area (Å²) in [5, 5.41) is 4.24. The van der Waals surface area contributed by atoms with Crippen LogP contribution in [0.5, 0.6) is 0 Å². The molecule has 4 heteroatoms. The lowest BCUT2D eigenvalue weighted by Crippen LogP contribution is -2.16. The summed E-state index contributed by atoms with van der Waals surface area (Å²) in [5.74, 6) is -0.225. The highest BCUT2D eigenvalue weighted by Gasteiger charge is 2.14. The van der Waals surface area contributed by atoms with Gasteiger partial charge < -0.3 is 5.73 Å². The Labute approximate surface area is 100 Å². The fourth-order valence-electron chi connectivity index (χ4n) is 1.90. The van der Waals surface area contributed by atoms with Crippen molar-refractivity contribution < 1.29 is 4.39 Å². The summed E-state index contributed by atoms with van der Waals surface area (Å²) in [7, 11) is 1.84. The van der Waals surface area contributed by atoms with E-state index in [0.29, 0.717) is 5.56 Å². The molecule has 0 aliphatic carbocycles. The van der Waals surface area contributed by atoms with Gasteiger partial charge in [0.2, 0.25) is 0 Å². The van der Waals surface area contributed by atoms with Gasteiger partial charge in [-0.3, -0.25) is 4.68 Å². The van der Waals surface area contributed by atoms with E-state index in [1.54, 1.807) is 17.7 Å². The monoisotopic (exact) mass is 233 g/mol. The highest BCUT2D eigenvalue weighted by Crippen LogP contribution is 2.21. The number of halogens is 1. The predicted octanol–water partition coefficient (Wildman–Crippen LogP) is 2.22. The highest BCUT2D eigenvalue weighted by atomic mass is 19.1. The van der Waals surface area contributed by atoms with Crippen LogP contribution in [0, 0.1) is 19.7 Å². The Kier molecular flexibility index (Phi) is 2.98. The van der Waals surface area contributed by atoms with Crippen molar-refractivity contribution in [3.05, 3.63) is 52.6 Å². The van der Waals surface area contributed by atoms with Crippen LogP contribution >= 0.6 is 0 Å². The van der Waals surface area contributed by atoms with E-state index in [9.17, 15) is 4.39 Å². The second-order valence-corrected chi connectivity index (χ2v) is 4.32. The molecule has 0 radical (unpaired) electrons. The molecule has 2 rings (SSSR count). The maximum atomic E-state index is 13.5. The first-order valence-corrected chi connectivity index (χ1v) is 5.51. The summed E-state index contributed by atoms with van der Waals surface area (Å²) in [6.45, 7) is 3.64. The first-order valence-electron chi connectivity index (χ1n) is 5.51. The van der Waals surface area contributed by atoms with Gasteiger partial charge in [0.25, 0.3) is 0 Å². The van der Waals surface area contributed by atoms with Gasteiger partial charge in [0.05, 0.1) is 17.4 Å². The average Bonchev–Trinajstić information content (AvgIpc) is 2.61. The normalized spacial score (nSPS) is 12.8. The molecule has 2 N–H and O–H groups in total. The van der Waals surface area contributed by atoms with Crippen molar-refractivity contribution in [1.29, 1.82) is 0 Å². The SMILES string of the molecule is Cc1cc(C(N)c2ccc(C)c(F)c2)n(C)n1. The molecule has 1 heterocycles. The minimum Gasteiger partial charge on any atom is -0.319 e. The Hall–Kier alpha value is -1.68. The topological polar surface area (TPSA) is 43.8 Å². The number of hydrogen-bond donors (Lipinski definition) is 1. The van der Waals surface area contributed by atoms with Gasteiger partial charge >= 0.3 is 0 Å². The number of nitrogens with two attached hydrogens (primary N) is 1. The minimum atomic E-state index is -0.351. The number of aromatic nitrogens is 2. The molecule has 0 aliphatic rings. The predicted molar refractivity (Wildman–Crippen MR) is 65.1 cm³/mol. The molecule has 0 bridgehead atoms. The molecule has 1 unspecified atom stereocenters. The molecular weight excluding hydrogens is 217 g/mol. The minimum absolute atomic E-state index is 0.225. The van der Waals surface area contributed by atoms with E-state index < -0.39 is 0 Å². The lowest BCUT2D eigenvalue weighted by atomic mass is 10.0. The van der Waals surface area contributed by atoms with E-state index in [0.717, 1.165) is 17.0 Å². The fourth-order valence-corrected chi connectivity index (χ4v) is 1.90. The number of hydrogen-bond acceptors (Lipinski definition) is 2. The molecule has 0 aliphatic heterocycles. The van der Waals surface area contributed by atoms with Crippen molar-refractivity contribution in [2.75, 3.05) is 0 Å². The van der Waals surface area contributed by atoms with E-state index in [2.05, 4.69) is 5.10 Å². The maximum Gasteiger partial charge on any atom is 0.126 e. The van der Waals surface area contributed by atoms with Gasteiger partial charge in [-0.1, -0.05) is 12.1 Å². The van der Waals surface area contributed by atoms with Gasteiger partial charge in [-0.2, -0.15) is 5.10 Å². The molecule has 3 nitrogen and oxygen atoms in total. The molecule has 17 heavy (non-hydrogen) atoms. The molecule has 0 fully saturated rings. The lowest BCUT2D eigenvalue weighted by molar-refractivity contribution is 0.610. The summed E-state index contributed by atoms with van der Waals surface area (Å²) in [5.41, 5.74) is 9.30. The lowest BCUT2D eigenvalue weighted by Gasteiger charge is -2.13. The van der Waals surface area contributed by atoms with Crippen LogP contribution in [-0.2, 0) is 7.05 Å². The van der Waals surface area contributed by atoms with Crippen molar-refractivity contribution >= 4 is 0 Å². The van der Waals surface area contributed by atoms with Crippen molar-refractivity contribution in [3.8, 4) is 0 Å². The van der Waals surface area contributed by atoms with E-state index in [4.69, 9.17) is 5.73 Å². The third kappa shape index (κ3) is 2.22. The second-order valence-electron chi connectivity index (χ2n) is 4.32. The first kappa shape index (κ1) is 11.8. The molecule has 0 spiro atoms. The Morgan fingerprint density at radius 3 is 2.53 bits per heavy atom. The summed E-state index contributed by atoms with van der Waals surface area (Å²) in [6, 6.07) is 6.65. The molecule has 0 saturated carbocycles. The molecule has 0 amide bonds. The van der Waals surface area contributed by atoms with E-state index in [-0.39, 0.29) is 11.9 Å². The van der Waals surface area contributed by atoms with Gasteiger partial charge in [-0.05, 0) is 37.1 Å². The smallest absolute Gasteiger partial charge is 0.126 e. The quantitative estimate of drug-likeness (QED) is 0.864. The number of rotatable bonds is 2. The summed E-state index contributed by atoms with van der Waals surface area (Å²) in [4.78, 5) is 0. The zero-order valence-electron chi connectivity index (χ0n) is 10.2. The van der Waals surface area contributed by atoms with Crippen LogP contribution in [0.25, 0.3) is 0 Å². The van der Waals surface area contributed by atoms with Crippen molar-refractivity contribution in [2.24, 2.45) is 12.8 Å². The Bertz CT molecular complexity index is 546. The average molecular weight is 233 g/mol. The van der Waals surface area contributed by atoms with Crippen LogP contribution in [0.1, 0.15) is 28.6 Å². The van der Waals surface area contributed by atoms with Crippen LogP contribution in [0.4, 0.5) is 4.39 Å². The van der Waals surface area contributed by atoms with Crippen molar-refractivity contribution in [1.82, 2.24) is 9.78 Å². The number of nitrogens with zero attached hydrogens (tertiary/aromatic N) is 2. The summed E-state index contributed by atoms with van der Waals surface area (Å²) >= 11 is 0. The standard InChI is InChI=1S/C13H16FN3/c1-8-4-5-10(7-11(8)14)13(15)12-6-9(2)16-17(12)3/h4-7,13H,15H2,1-3H3. The van der Waals surface area contributed by atoms with E-state index in [1.165, 1.54) is 6.07 Å². The molecule has 1 atom stereocenters. The fraction of sp³-hybridized carbons (Fsp3) is 0.308. The zero-order valence-corrected chi connectivity index (χ0v) is 10.2. The van der Waals surface area contributed by atoms with Crippen LogP contribution < -0.4 is 5.73 Å². The Morgan fingerprint density at radius 1 is 1.29 bits per heavy atom. The van der Waals surface area contributed by atoms with Crippen molar-refractivity contribution in [2.45, 2.75) is 19.9 Å². The number of aryl methyl sites for hydroxylation is 3. The number of benzene rings is 1. The molecule has 0 saturated heterocycles. The zero-order chi connectivity index (χ0) is 12.6. The van der Waals surface area contributed by atoms with Gasteiger partial charge in [0, 0.05) is 7.05 Å². The van der Waals surface area contributed by atoms with Gasteiger partial charge in [0.15, 0.2) is 0 Å². The largest absolute Gasteiger partial charge is 0.319 e. The summed E-state index contributed by atoms with van der Waals surface area (Å²) < 4.78 is 15.2. The molecule has 1 aromatic carbocycles. The van der Waals surface area contributed by atoms with Gasteiger partial charge in [-0.25, -0.2) is 4.39 Å². The third-order valence-corrected chi connectivity index (χ3v) is 2.91. The molecule has 90 valence electrons. The second kappa shape index (κ2) is 4.30. The van der Waals surface area contributed by atoms with E-state index >= 15 is 0 Å². The summed E-state index contributed by atoms with van der Waals surface area (Å²) in [6.07, 6.45) is 0. The van der Waals surface area contributed by atoms with Crippen molar-refractivity contribution in [3.63, 3.8) is 0 Å².